The van der Waals surface area contributed by atoms with E-state index in [1.807, 2.05) is 0 Å². The van der Waals surface area contributed by atoms with Crippen LogP contribution < -0.4 is 10.6 Å². The topological polar surface area (TPSA) is 63.2 Å². The first kappa shape index (κ1) is 15.8. The first-order chi connectivity index (χ1) is 10.6. The van der Waals surface area contributed by atoms with Crippen molar-refractivity contribution in [3.05, 3.63) is 48.3 Å². The van der Waals surface area contributed by atoms with Crippen molar-refractivity contribution in [2.24, 2.45) is 0 Å². The third kappa shape index (κ3) is 4.49. The van der Waals surface area contributed by atoms with E-state index >= 15 is 0 Å². The van der Waals surface area contributed by atoms with Crippen LogP contribution in [-0.2, 0) is 4.74 Å². The van der Waals surface area contributed by atoms with Gasteiger partial charge in [-0.2, -0.15) is 0 Å². The maximum absolute atomic E-state index is 12.9. The molecule has 5 nitrogen and oxygen atoms in total. The predicted molar refractivity (Wildman–Crippen MR) is 86.0 cm³/mol. The van der Waals surface area contributed by atoms with E-state index in [1.54, 1.807) is 37.3 Å². The summed E-state index contributed by atoms with van der Waals surface area (Å²) in [6, 6.07) is 11.3. The molecule has 1 aromatic heterocycles. The highest BCUT2D eigenvalue weighted by Crippen LogP contribution is 2.19. The SMILES string of the molecule is CCOC(=O)NC(=S)Nc1cccc(-c2ccc(F)cc2)n1. The Kier molecular flexibility index (Phi) is 5.37. The molecule has 0 fully saturated rings. The van der Waals surface area contributed by atoms with Crippen LogP contribution in [0.5, 0.6) is 0 Å². The molecule has 0 aliphatic heterocycles. The average molecular weight is 319 g/mol. The van der Waals surface area contributed by atoms with Gasteiger partial charge in [-0.25, -0.2) is 14.2 Å². The molecule has 114 valence electrons. The van der Waals surface area contributed by atoms with Gasteiger partial charge in [0.25, 0.3) is 0 Å². The first-order valence-electron chi connectivity index (χ1n) is 6.56. The number of nitrogens with zero attached hydrogens (tertiary/aromatic N) is 1. The molecule has 0 bridgehead atoms. The monoisotopic (exact) mass is 319 g/mol. The molecule has 0 aliphatic carbocycles. The molecule has 0 atom stereocenters. The van der Waals surface area contributed by atoms with Gasteiger partial charge in [-0.1, -0.05) is 6.07 Å². The summed E-state index contributed by atoms with van der Waals surface area (Å²) in [5, 5.41) is 5.24. The summed E-state index contributed by atoms with van der Waals surface area (Å²) in [4.78, 5) is 15.6. The molecule has 0 aliphatic rings. The summed E-state index contributed by atoms with van der Waals surface area (Å²) in [7, 11) is 0. The van der Waals surface area contributed by atoms with Crippen LogP contribution in [0, 0.1) is 5.82 Å². The van der Waals surface area contributed by atoms with Gasteiger partial charge in [-0.3, -0.25) is 5.32 Å². The van der Waals surface area contributed by atoms with Crippen molar-refractivity contribution >= 4 is 29.2 Å². The molecule has 22 heavy (non-hydrogen) atoms. The molecule has 7 heteroatoms. The van der Waals surface area contributed by atoms with E-state index in [0.29, 0.717) is 11.5 Å². The molecule has 2 N–H and O–H groups in total. The van der Waals surface area contributed by atoms with Crippen LogP contribution in [0.2, 0.25) is 0 Å². The van der Waals surface area contributed by atoms with Crippen LogP contribution in [0.25, 0.3) is 11.3 Å². The number of amides is 1. The van der Waals surface area contributed by atoms with Gasteiger partial charge in [0, 0.05) is 5.56 Å². The number of aromatic nitrogens is 1. The highest BCUT2D eigenvalue weighted by molar-refractivity contribution is 7.80. The normalized spacial score (nSPS) is 9.91. The molecular weight excluding hydrogens is 305 g/mol. The Balaban J connectivity index is 2.07. The summed E-state index contributed by atoms with van der Waals surface area (Å²) < 4.78 is 17.7. The highest BCUT2D eigenvalue weighted by Gasteiger charge is 2.06. The van der Waals surface area contributed by atoms with Crippen molar-refractivity contribution in [2.45, 2.75) is 6.92 Å². The Morgan fingerprint density at radius 2 is 2.00 bits per heavy atom. The maximum Gasteiger partial charge on any atom is 0.413 e. The maximum atomic E-state index is 12.9. The molecule has 0 radical (unpaired) electrons. The fourth-order valence-electron chi connectivity index (χ4n) is 1.69. The van der Waals surface area contributed by atoms with Crippen LogP contribution in [0.3, 0.4) is 0 Å². The Hall–Kier alpha value is -2.54. The smallest absolute Gasteiger partial charge is 0.413 e. The Morgan fingerprint density at radius 3 is 2.68 bits per heavy atom. The minimum absolute atomic E-state index is 0.0854. The zero-order valence-corrected chi connectivity index (χ0v) is 12.6. The van der Waals surface area contributed by atoms with Crippen molar-refractivity contribution in [1.29, 1.82) is 0 Å². The zero-order chi connectivity index (χ0) is 15.9. The Bertz CT molecular complexity index is 677. The van der Waals surface area contributed by atoms with E-state index in [-0.39, 0.29) is 17.5 Å². The minimum atomic E-state index is -0.630. The number of hydrogen-bond donors (Lipinski definition) is 2. The number of halogens is 1. The van der Waals surface area contributed by atoms with Crippen molar-refractivity contribution < 1.29 is 13.9 Å². The number of carbonyl (C=O) groups is 1. The third-order valence-electron chi connectivity index (χ3n) is 2.62. The summed E-state index contributed by atoms with van der Waals surface area (Å²) in [6.07, 6.45) is -0.630. The van der Waals surface area contributed by atoms with Crippen LogP contribution in [0.4, 0.5) is 15.0 Å². The zero-order valence-electron chi connectivity index (χ0n) is 11.8. The second kappa shape index (κ2) is 7.46. The van der Waals surface area contributed by atoms with Gasteiger partial charge in [-0.15, -0.1) is 0 Å². The highest BCUT2D eigenvalue weighted by atomic mass is 32.1. The molecule has 2 rings (SSSR count). The minimum Gasteiger partial charge on any atom is -0.450 e. The summed E-state index contributed by atoms with van der Waals surface area (Å²) in [5.74, 6) is 0.154. The number of hydrogen-bond acceptors (Lipinski definition) is 4. The Morgan fingerprint density at radius 1 is 1.27 bits per heavy atom. The van der Waals surface area contributed by atoms with Gasteiger partial charge in [0.05, 0.1) is 12.3 Å². The summed E-state index contributed by atoms with van der Waals surface area (Å²) in [6.45, 7) is 1.95. The number of rotatable bonds is 3. The number of thiocarbonyl (C=S) groups is 1. The molecule has 0 spiro atoms. The number of anilines is 1. The molecule has 0 saturated heterocycles. The van der Waals surface area contributed by atoms with Crippen LogP contribution in [-0.4, -0.2) is 22.8 Å². The first-order valence-corrected chi connectivity index (χ1v) is 6.97. The molecule has 1 amide bonds. The number of carbonyl (C=O) groups excluding carboxylic acids is 1. The fraction of sp³-hybridized carbons (Fsp3) is 0.133. The fourth-order valence-corrected chi connectivity index (χ4v) is 1.88. The lowest BCUT2D eigenvalue weighted by atomic mass is 10.1. The van der Waals surface area contributed by atoms with E-state index in [0.717, 1.165) is 5.56 Å². The number of ether oxygens (including phenoxy) is 1. The Labute approximate surface area is 132 Å². The largest absolute Gasteiger partial charge is 0.450 e. The average Bonchev–Trinajstić information content (AvgIpc) is 2.48. The lowest BCUT2D eigenvalue weighted by Gasteiger charge is -2.09. The van der Waals surface area contributed by atoms with E-state index in [2.05, 4.69) is 15.6 Å². The number of benzene rings is 1. The van der Waals surface area contributed by atoms with Gasteiger partial charge >= 0.3 is 6.09 Å². The van der Waals surface area contributed by atoms with Gasteiger partial charge < -0.3 is 10.1 Å². The molecular formula is C15H14FN3O2S. The van der Waals surface area contributed by atoms with Crippen LogP contribution >= 0.6 is 12.2 Å². The molecule has 1 aromatic carbocycles. The van der Waals surface area contributed by atoms with Crippen molar-refractivity contribution in [1.82, 2.24) is 10.3 Å². The van der Waals surface area contributed by atoms with Gasteiger partial charge in [-0.05, 0) is 55.5 Å². The molecule has 2 aromatic rings. The van der Waals surface area contributed by atoms with E-state index in [9.17, 15) is 9.18 Å². The number of pyridine rings is 1. The quantitative estimate of drug-likeness (QED) is 0.850. The van der Waals surface area contributed by atoms with E-state index < -0.39 is 6.09 Å². The third-order valence-corrected chi connectivity index (χ3v) is 2.83. The lowest BCUT2D eigenvalue weighted by Crippen LogP contribution is -2.34. The van der Waals surface area contributed by atoms with Crippen molar-refractivity contribution in [3.8, 4) is 11.3 Å². The summed E-state index contributed by atoms with van der Waals surface area (Å²) in [5.41, 5.74) is 1.43. The second-order valence-corrected chi connectivity index (χ2v) is 4.62. The molecule has 1 heterocycles. The van der Waals surface area contributed by atoms with Gasteiger partial charge in [0.2, 0.25) is 0 Å². The molecule has 0 saturated carbocycles. The van der Waals surface area contributed by atoms with Crippen LogP contribution in [0.15, 0.2) is 42.5 Å². The van der Waals surface area contributed by atoms with E-state index in [4.69, 9.17) is 17.0 Å². The second-order valence-electron chi connectivity index (χ2n) is 4.21. The van der Waals surface area contributed by atoms with Gasteiger partial charge in [0.15, 0.2) is 5.11 Å². The lowest BCUT2D eigenvalue weighted by molar-refractivity contribution is 0.158. The van der Waals surface area contributed by atoms with Crippen LogP contribution in [0.1, 0.15) is 6.92 Å². The summed E-state index contributed by atoms with van der Waals surface area (Å²) >= 11 is 4.99. The standard InChI is InChI=1S/C15H14FN3O2S/c1-2-21-15(20)19-14(22)18-13-5-3-4-12(17-13)10-6-8-11(16)9-7-10/h3-9H,2H2,1H3,(H2,17,18,19,20,22). The number of nitrogens with one attached hydrogen (secondary N) is 2. The van der Waals surface area contributed by atoms with Crippen molar-refractivity contribution in [3.63, 3.8) is 0 Å². The molecule has 0 unspecified atom stereocenters. The van der Waals surface area contributed by atoms with Crippen molar-refractivity contribution in [2.75, 3.05) is 11.9 Å². The van der Waals surface area contributed by atoms with Gasteiger partial charge in [0.1, 0.15) is 11.6 Å². The van der Waals surface area contributed by atoms with E-state index in [1.165, 1.54) is 12.1 Å². The predicted octanol–water partition coefficient (Wildman–Crippen LogP) is 3.33. The number of alkyl carbamates (subject to hydrolysis) is 1.